The zero-order chi connectivity index (χ0) is 23.2. The van der Waals surface area contributed by atoms with Crippen molar-refractivity contribution in [2.45, 2.75) is 30.6 Å². The van der Waals surface area contributed by atoms with Crippen molar-refractivity contribution in [1.82, 2.24) is 9.21 Å². The summed E-state index contributed by atoms with van der Waals surface area (Å²) in [4.78, 5) is 14.9. The maximum Gasteiger partial charge on any atom is 0.253 e. The first kappa shape index (κ1) is 22.4. The van der Waals surface area contributed by atoms with E-state index in [4.69, 9.17) is 0 Å². The molecule has 8 nitrogen and oxygen atoms in total. The highest BCUT2D eigenvalue weighted by Gasteiger charge is 2.32. The molecule has 3 aliphatic rings. The standard InChI is InChI=1S/C23H27N3O5S2/c27-23(19-5-8-21(9-6-19)26-11-2-16-32(26,28)29)24-12-14-25(15-13-24)33(30,31)22-10-7-18-3-1-4-20(18)17-22/h5-10,17H,1-4,11-16H2. The number of hydrogen-bond donors (Lipinski definition) is 0. The molecule has 0 spiro atoms. The van der Waals surface area contributed by atoms with E-state index in [1.165, 1.54) is 14.2 Å². The SMILES string of the molecule is O=C(c1ccc(N2CCCS2(=O)=O)cc1)N1CCN(S(=O)(=O)c2ccc3c(c2)CCC3)CC1. The molecule has 33 heavy (non-hydrogen) atoms. The second kappa shape index (κ2) is 8.41. The van der Waals surface area contributed by atoms with Gasteiger partial charge in [-0.05, 0) is 73.2 Å². The van der Waals surface area contributed by atoms with Gasteiger partial charge in [-0.3, -0.25) is 9.10 Å². The van der Waals surface area contributed by atoms with E-state index in [0.717, 1.165) is 24.8 Å². The fourth-order valence-corrected chi connectivity index (χ4v) is 7.91. The monoisotopic (exact) mass is 489 g/mol. The molecule has 2 fully saturated rings. The van der Waals surface area contributed by atoms with E-state index in [2.05, 4.69) is 0 Å². The van der Waals surface area contributed by atoms with Gasteiger partial charge in [0.25, 0.3) is 5.91 Å². The lowest BCUT2D eigenvalue weighted by molar-refractivity contribution is 0.0698. The van der Waals surface area contributed by atoms with Gasteiger partial charge in [0, 0.05) is 38.3 Å². The summed E-state index contributed by atoms with van der Waals surface area (Å²) >= 11 is 0. The first-order chi connectivity index (χ1) is 15.8. The highest BCUT2D eigenvalue weighted by molar-refractivity contribution is 7.93. The largest absolute Gasteiger partial charge is 0.336 e. The van der Waals surface area contributed by atoms with Gasteiger partial charge in [-0.15, -0.1) is 0 Å². The average molecular weight is 490 g/mol. The molecule has 1 aliphatic carbocycles. The van der Waals surface area contributed by atoms with Crippen LogP contribution in [0.3, 0.4) is 0 Å². The molecule has 0 atom stereocenters. The number of rotatable bonds is 4. The van der Waals surface area contributed by atoms with E-state index in [1.54, 1.807) is 41.3 Å². The van der Waals surface area contributed by atoms with Gasteiger partial charge < -0.3 is 4.90 Å². The minimum Gasteiger partial charge on any atom is -0.336 e. The lowest BCUT2D eigenvalue weighted by Gasteiger charge is -2.34. The average Bonchev–Trinajstić information content (AvgIpc) is 3.43. The van der Waals surface area contributed by atoms with Gasteiger partial charge in [0.2, 0.25) is 20.0 Å². The third-order valence-corrected chi connectivity index (χ3v) is 10.5. The number of amides is 1. The lowest BCUT2D eigenvalue weighted by atomic mass is 10.1. The normalized spacial score (nSPS) is 20.7. The molecule has 0 bridgehead atoms. The number of carbonyl (C=O) groups is 1. The Labute approximate surface area is 194 Å². The lowest BCUT2D eigenvalue weighted by Crippen LogP contribution is -2.50. The third kappa shape index (κ3) is 4.15. The number of nitrogens with zero attached hydrogens (tertiary/aromatic N) is 3. The molecule has 176 valence electrons. The van der Waals surface area contributed by atoms with Crippen molar-refractivity contribution in [2.75, 3.05) is 42.8 Å². The molecule has 2 aromatic carbocycles. The number of anilines is 1. The Kier molecular flexibility index (Phi) is 5.70. The minimum atomic E-state index is -3.59. The first-order valence-electron chi connectivity index (χ1n) is 11.3. The summed E-state index contributed by atoms with van der Waals surface area (Å²) < 4.78 is 53.3. The molecule has 1 amide bonds. The highest BCUT2D eigenvalue weighted by Crippen LogP contribution is 2.27. The molecule has 0 saturated carbocycles. The molecular weight excluding hydrogens is 462 g/mol. The van der Waals surface area contributed by atoms with Crippen molar-refractivity contribution < 1.29 is 21.6 Å². The quantitative estimate of drug-likeness (QED) is 0.653. The summed E-state index contributed by atoms with van der Waals surface area (Å²) in [6.07, 6.45) is 3.59. The molecule has 5 rings (SSSR count). The summed E-state index contributed by atoms with van der Waals surface area (Å²) in [6.45, 7) is 1.57. The Morgan fingerprint density at radius 1 is 0.818 bits per heavy atom. The van der Waals surface area contributed by atoms with Crippen LogP contribution in [-0.4, -0.2) is 70.4 Å². The summed E-state index contributed by atoms with van der Waals surface area (Å²) in [5.74, 6) is -0.0350. The number of benzene rings is 2. The van der Waals surface area contributed by atoms with Crippen LogP contribution in [0.25, 0.3) is 0 Å². The van der Waals surface area contributed by atoms with Crippen LogP contribution >= 0.6 is 0 Å². The van der Waals surface area contributed by atoms with Gasteiger partial charge in [0.1, 0.15) is 0 Å². The minimum absolute atomic E-state index is 0.145. The van der Waals surface area contributed by atoms with Crippen molar-refractivity contribution in [2.24, 2.45) is 0 Å². The maximum absolute atomic E-state index is 13.1. The van der Waals surface area contributed by atoms with E-state index in [9.17, 15) is 21.6 Å². The van der Waals surface area contributed by atoms with Gasteiger partial charge in [-0.25, -0.2) is 16.8 Å². The van der Waals surface area contributed by atoms with E-state index in [-0.39, 0.29) is 24.7 Å². The zero-order valence-corrected chi connectivity index (χ0v) is 19.9. The second-order valence-electron chi connectivity index (χ2n) is 8.77. The van der Waals surface area contributed by atoms with Crippen molar-refractivity contribution in [3.8, 4) is 0 Å². The first-order valence-corrected chi connectivity index (χ1v) is 14.3. The van der Waals surface area contributed by atoms with E-state index < -0.39 is 20.0 Å². The van der Waals surface area contributed by atoms with Crippen LogP contribution in [0.1, 0.15) is 34.3 Å². The van der Waals surface area contributed by atoms with Gasteiger partial charge in [-0.1, -0.05) is 6.07 Å². The Bertz CT molecular complexity index is 1280. The Morgan fingerprint density at radius 3 is 2.18 bits per heavy atom. The molecule has 0 radical (unpaired) electrons. The second-order valence-corrected chi connectivity index (χ2v) is 12.7. The molecule has 2 saturated heterocycles. The van der Waals surface area contributed by atoms with Gasteiger partial charge in [0.15, 0.2) is 0 Å². The summed E-state index contributed by atoms with van der Waals surface area (Å²) in [5.41, 5.74) is 3.38. The molecule has 2 heterocycles. The van der Waals surface area contributed by atoms with Crippen molar-refractivity contribution in [3.05, 3.63) is 59.2 Å². The Hall–Kier alpha value is -2.43. The summed E-state index contributed by atoms with van der Waals surface area (Å²) in [6, 6.07) is 12.0. The zero-order valence-electron chi connectivity index (χ0n) is 18.3. The number of carbonyl (C=O) groups excluding carboxylic acids is 1. The smallest absolute Gasteiger partial charge is 0.253 e. The topological polar surface area (TPSA) is 95.1 Å². The van der Waals surface area contributed by atoms with Crippen molar-refractivity contribution in [1.29, 1.82) is 0 Å². The number of aryl methyl sites for hydroxylation is 2. The van der Waals surface area contributed by atoms with Crippen LogP contribution in [-0.2, 0) is 32.9 Å². The number of fused-ring (bicyclic) bond motifs is 1. The third-order valence-electron chi connectivity index (χ3n) is 6.74. The van der Waals surface area contributed by atoms with Crippen LogP contribution in [0.15, 0.2) is 47.4 Å². The molecule has 2 aliphatic heterocycles. The van der Waals surface area contributed by atoms with Gasteiger partial charge in [0.05, 0.1) is 16.3 Å². The number of sulfonamides is 2. The summed E-state index contributed by atoms with van der Waals surface area (Å²) in [5, 5.41) is 0. The van der Waals surface area contributed by atoms with Crippen LogP contribution in [0, 0.1) is 0 Å². The molecule has 2 aromatic rings. The van der Waals surface area contributed by atoms with E-state index in [1.807, 2.05) is 6.07 Å². The predicted octanol–water partition coefficient (Wildman–Crippen LogP) is 1.86. The number of piperazine rings is 1. The van der Waals surface area contributed by atoms with Crippen LogP contribution in [0.2, 0.25) is 0 Å². The molecule has 0 aromatic heterocycles. The molecule has 0 N–H and O–H groups in total. The van der Waals surface area contributed by atoms with Gasteiger partial charge >= 0.3 is 0 Å². The fourth-order valence-electron chi connectivity index (χ4n) is 4.87. The molecule has 10 heteroatoms. The maximum atomic E-state index is 13.1. The van der Waals surface area contributed by atoms with Crippen LogP contribution < -0.4 is 4.31 Å². The number of hydrogen-bond acceptors (Lipinski definition) is 5. The predicted molar refractivity (Wildman–Crippen MR) is 125 cm³/mol. The highest BCUT2D eigenvalue weighted by atomic mass is 32.2. The molecular formula is C23H27N3O5S2. The van der Waals surface area contributed by atoms with Crippen LogP contribution in [0.4, 0.5) is 5.69 Å². The van der Waals surface area contributed by atoms with Crippen molar-refractivity contribution >= 4 is 31.6 Å². The fraction of sp³-hybridized carbons (Fsp3) is 0.435. The van der Waals surface area contributed by atoms with E-state index >= 15 is 0 Å². The van der Waals surface area contributed by atoms with E-state index in [0.29, 0.717) is 42.2 Å². The molecule has 0 unspecified atom stereocenters. The van der Waals surface area contributed by atoms with Gasteiger partial charge in [-0.2, -0.15) is 4.31 Å². The Morgan fingerprint density at radius 2 is 1.52 bits per heavy atom. The van der Waals surface area contributed by atoms with Crippen molar-refractivity contribution in [3.63, 3.8) is 0 Å². The summed E-state index contributed by atoms with van der Waals surface area (Å²) in [7, 11) is -6.86. The Balaban J connectivity index is 1.24. The van der Waals surface area contributed by atoms with Crippen LogP contribution in [0.5, 0.6) is 0 Å².